The number of sulfonamides is 1. The number of carbonyl (C=O) groups is 1. The SMILES string of the molecule is NS(=O)(=O)c1ccc(N2CCC(C(=O)Nc3ccc(F)cc3)CC2)cc1C(F)(F)F. The third kappa shape index (κ3) is 5.08. The van der Waals surface area contributed by atoms with E-state index in [-0.39, 0.29) is 17.5 Å². The van der Waals surface area contributed by atoms with Gasteiger partial charge in [-0.1, -0.05) is 0 Å². The number of hydrogen-bond donors (Lipinski definition) is 2. The van der Waals surface area contributed by atoms with Crippen molar-refractivity contribution in [1.29, 1.82) is 0 Å². The van der Waals surface area contributed by atoms with Gasteiger partial charge in [-0.25, -0.2) is 17.9 Å². The monoisotopic (exact) mass is 445 g/mol. The number of alkyl halides is 3. The van der Waals surface area contributed by atoms with Crippen molar-refractivity contribution < 1.29 is 30.8 Å². The van der Waals surface area contributed by atoms with Gasteiger partial charge in [-0.3, -0.25) is 4.79 Å². The van der Waals surface area contributed by atoms with Crippen molar-refractivity contribution in [2.24, 2.45) is 11.1 Å². The van der Waals surface area contributed by atoms with E-state index < -0.39 is 32.5 Å². The Kier molecular flexibility index (Phi) is 6.04. The van der Waals surface area contributed by atoms with E-state index in [2.05, 4.69) is 5.32 Å². The molecular formula is C19H19F4N3O3S. The van der Waals surface area contributed by atoms with Gasteiger partial charge in [-0.05, 0) is 55.3 Å². The van der Waals surface area contributed by atoms with E-state index in [1.54, 1.807) is 4.90 Å². The fraction of sp³-hybridized carbons (Fsp3) is 0.316. The Morgan fingerprint density at radius 2 is 1.67 bits per heavy atom. The van der Waals surface area contributed by atoms with Crippen LogP contribution in [0.15, 0.2) is 47.4 Å². The summed E-state index contributed by atoms with van der Waals surface area (Å²) in [5, 5.41) is 7.59. The van der Waals surface area contributed by atoms with E-state index in [1.165, 1.54) is 30.3 Å². The molecule has 0 bridgehead atoms. The molecule has 3 rings (SSSR count). The second-order valence-corrected chi connectivity index (χ2v) is 8.51. The first-order valence-electron chi connectivity index (χ1n) is 9.00. The number of hydrogen-bond acceptors (Lipinski definition) is 4. The van der Waals surface area contributed by atoms with Gasteiger partial charge in [0, 0.05) is 30.4 Å². The molecule has 0 aromatic heterocycles. The van der Waals surface area contributed by atoms with Gasteiger partial charge in [0.25, 0.3) is 0 Å². The number of rotatable bonds is 4. The van der Waals surface area contributed by atoms with Gasteiger partial charge in [-0.15, -0.1) is 0 Å². The third-order valence-electron chi connectivity index (χ3n) is 4.92. The maximum absolute atomic E-state index is 13.3. The van der Waals surface area contributed by atoms with Gasteiger partial charge >= 0.3 is 6.18 Å². The zero-order chi connectivity index (χ0) is 22.1. The van der Waals surface area contributed by atoms with Crippen LogP contribution in [-0.2, 0) is 21.0 Å². The molecule has 2 aromatic rings. The smallest absolute Gasteiger partial charge is 0.371 e. The molecule has 30 heavy (non-hydrogen) atoms. The molecule has 3 N–H and O–H groups in total. The van der Waals surface area contributed by atoms with E-state index in [0.717, 1.165) is 12.1 Å². The Labute approximate surface area is 170 Å². The third-order valence-corrected chi connectivity index (χ3v) is 5.89. The zero-order valence-corrected chi connectivity index (χ0v) is 16.4. The molecule has 0 radical (unpaired) electrons. The van der Waals surface area contributed by atoms with E-state index in [0.29, 0.717) is 31.6 Å². The van der Waals surface area contributed by atoms with Crippen LogP contribution in [-0.4, -0.2) is 27.4 Å². The fourth-order valence-electron chi connectivity index (χ4n) is 3.36. The summed E-state index contributed by atoms with van der Waals surface area (Å²) in [6.07, 6.45) is -4.10. The summed E-state index contributed by atoms with van der Waals surface area (Å²) in [6, 6.07) is 8.21. The average molecular weight is 445 g/mol. The van der Waals surface area contributed by atoms with Crippen LogP contribution in [0.1, 0.15) is 18.4 Å². The number of nitrogens with two attached hydrogens (primary N) is 1. The number of halogens is 4. The molecule has 6 nitrogen and oxygen atoms in total. The minimum absolute atomic E-state index is 0.201. The molecule has 1 aliphatic heterocycles. The van der Waals surface area contributed by atoms with E-state index in [4.69, 9.17) is 5.14 Å². The molecule has 0 spiro atoms. The normalized spacial score (nSPS) is 15.8. The highest BCUT2D eigenvalue weighted by atomic mass is 32.2. The van der Waals surface area contributed by atoms with Gasteiger partial charge in [0.1, 0.15) is 5.82 Å². The summed E-state index contributed by atoms with van der Waals surface area (Å²) in [5.74, 6) is -1.02. The van der Waals surface area contributed by atoms with Crippen molar-refractivity contribution in [3.63, 3.8) is 0 Å². The highest BCUT2D eigenvalue weighted by molar-refractivity contribution is 7.89. The Hall–Kier alpha value is -2.66. The van der Waals surface area contributed by atoms with Crippen LogP contribution in [0.4, 0.5) is 28.9 Å². The van der Waals surface area contributed by atoms with E-state index >= 15 is 0 Å². The van der Waals surface area contributed by atoms with Crippen LogP contribution < -0.4 is 15.4 Å². The highest BCUT2D eigenvalue weighted by Crippen LogP contribution is 2.37. The minimum atomic E-state index is -4.88. The predicted molar refractivity (Wildman–Crippen MR) is 103 cm³/mol. The first-order valence-corrected chi connectivity index (χ1v) is 10.6. The number of primary sulfonamides is 1. The first kappa shape index (κ1) is 22.0. The molecule has 1 saturated heterocycles. The Morgan fingerprint density at radius 3 is 2.20 bits per heavy atom. The van der Waals surface area contributed by atoms with Crippen molar-refractivity contribution in [1.82, 2.24) is 0 Å². The predicted octanol–water partition coefficient (Wildman–Crippen LogP) is 3.35. The second-order valence-electron chi connectivity index (χ2n) is 6.98. The molecular weight excluding hydrogens is 426 g/mol. The van der Waals surface area contributed by atoms with Crippen LogP contribution >= 0.6 is 0 Å². The maximum Gasteiger partial charge on any atom is 0.417 e. The quantitative estimate of drug-likeness (QED) is 0.706. The first-order chi connectivity index (χ1) is 13.9. The molecule has 1 amide bonds. The standard InChI is InChI=1S/C19H19F4N3O3S/c20-13-1-3-14(4-2-13)25-18(27)12-7-9-26(10-8-12)15-5-6-17(30(24,28)29)16(11-15)19(21,22)23/h1-6,11-12H,7-10H2,(H,25,27)(H2,24,28,29). The summed E-state index contributed by atoms with van der Waals surface area (Å²) in [6.45, 7) is 0.626. The molecule has 0 unspecified atom stereocenters. The summed E-state index contributed by atoms with van der Waals surface area (Å²) >= 11 is 0. The number of amides is 1. The minimum Gasteiger partial charge on any atom is -0.371 e. The molecule has 0 aliphatic carbocycles. The largest absolute Gasteiger partial charge is 0.417 e. The maximum atomic E-state index is 13.3. The van der Waals surface area contributed by atoms with Gasteiger partial charge in [0.15, 0.2) is 0 Å². The van der Waals surface area contributed by atoms with Gasteiger partial charge in [0.05, 0.1) is 10.5 Å². The highest BCUT2D eigenvalue weighted by Gasteiger charge is 2.37. The number of carbonyl (C=O) groups excluding carboxylic acids is 1. The average Bonchev–Trinajstić information content (AvgIpc) is 2.68. The molecule has 2 aromatic carbocycles. The van der Waals surface area contributed by atoms with Crippen molar-refractivity contribution >= 4 is 27.3 Å². The van der Waals surface area contributed by atoms with Crippen LogP contribution in [0.2, 0.25) is 0 Å². The van der Waals surface area contributed by atoms with Crippen LogP contribution in [0.5, 0.6) is 0 Å². The Bertz CT molecular complexity index is 1030. The van der Waals surface area contributed by atoms with Gasteiger partial charge < -0.3 is 10.2 Å². The summed E-state index contributed by atoms with van der Waals surface area (Å²) < 4.78 is 75.8. The molecule has 162 valence electrons. The zero-order valence-electron chi connectivity index (χ0n) is 15.6. The van der Waals surface area contributed by atoms with Crippen molar-refractivity contribution in [3.8, 4) is 0 Å². The summed E-state index contributed by atoms with van der Waals surface area (Å²) in [7, 11) is -4.53. The second kappa shape index (κ2) is 8.23. The summed E-state index contributed by atoms with van der Waals surface area (Å²) in [4.78, 5) is 13.1. The lowest BCUT2D eigenvalue weighted by molar-refractivity contribution is -0.139. The number of nitrogens with one attached hydrogen (secondary N) is 1. The number of nitrogens with zero attached hydrogens (tertiary/aromatic N) is 1. The lowest BCUT2D eigenvalue weighted by Crippen LogP contribution is -2.38. The molecule has 1 fully saturated rings. The van der Waals surface area contributed by atoms with Crippen molar-refractivity contribution in [2.45, 2.75) is 23.9 Å². The van der Waals surface area contributed by atoms with Crippen molar-refractivity contribution in [3.05, 3.63) is 53.8 Å². The number of benzene rings is 2. The fourth-order valence-corrected chi connectivity index (χ4v) is 4.10. The van der Waals surface area contributed by atoms with Crippen LogP contribution in [0.25, 0.3) is 0 Å². The number of anilines is 2. The molecule has 0 saturated carbocycles. The van der Waals surface area contributed by atoms with Crippen molar-refractivity contribution in [2.75, 3.05) is 23.3 Å². The molecule has 1 heterocycles. The van der Waals surface area contributed by atoms with Gasteiger partial charge in [0.2, 0.25) is 15.9 Å². The van der Waals surface area contributed by atoms with E-state index in [9.17, 15) is 30.8 Å². The lowest BCUT2D eigenvalue weighted by atomic mass is 9.95. The Balaban J connectivity index is 1.70. The Morgan fingerprint density at radius 1 is 1.07 bits per heavy atom. The summed E-state index contributed by atoms with van der Waals surface area (Å²) in [5.41, 5.74) is -0.664. The van der Waals surface area contributed by atoms with Crippen LogP contribution in [0.3, 0.4) is 0 Å². The van der Waals surface area contributed by atoms with E-state index in [1.807, 2.05) is 0 Å². The van der Waals surface area contributed by atoms with Crippen LogP contribution in [0, 0.1) is 11.7 Å². The molecule has 0 atom stereocenters. The van der Waals surface area contributed by atoms with Gasteiger partial charge in [-0.2, -0.15) is 13.2 Å². The molecule has 11 heteroatoms. The lowest BCUT2D eigenvalue weighted by Gasteiger charge is -2.33. The topological polar surface area (TPSA) is 92.5 Å². The number of piperidine rings is 1. The molecule has 1 aliphatic rings.